The van der Waals surface area contributed by atoms with Crippen molar-refractivity contribution in [3.63, 3.8) is 0 Å². The zero-order valence-corrected chi connectivity index (χ0v) is 28.2. The minimum absolute atomic E-state index is 0. The number of nitrogens with one attached hydrogen (secondary N) is 1. The van der Waals surface area contributed by atoms with Crippen molar-refractivity contribution < 1.29 is 18.3 Å². The van der Waals surface area contributed by atoms with Crippen LogP contribution in [0.1, 0.15) is 29.7 Å². The first-order chi connectivity index (χ1) is 22.4. The Balaban J connectivity index is 0.000000148. The van der Waals surface area contributed by atoms with E-state index in [0.29, 0.717) is 42.5 Å². The Hall–Kier alpha value is -3.93. The molecule has 0 aliphatic carbocycles. The van der Waals surface area contributed by atoms with Gasteiger partial charge in [-0.3, -0.25) is 8.80 Å². The normalized spacial score (nSPS) is 12.6. The van der Waals surface area contributed by atoms with E-state index in [9.17, 15) is 8.78 Å². The van der Waals surface area contributed by atoms with Crippen molar-refractivity contribution in [2.24, 2.45) is 5.73 Å². The molecule has 12 nitrogen and oxygen atoms in total. The largest absolute Gasteiger partial charge is 0.493 e. The lowest BCUT2D eigenvalue weighted by atomic mass is 10.0. The van der Waals surface area contributed by atoms with Gasteiger partial charge in [-0.1, -0.05) is 19.2 Å². The van der Waals surface area contributed by atoms with Crippen molar-refractivity contribution in [3.8, 4) is 11.5 Å². The smallest absolute Gasteiger partial charge is 0.210 e. The third-order valence-corrected chi connectivity index (χ3v) is 9.02. The zero-order valence-electron chi connectivity index (χ0n) is 24.3. The van der Waals surface area contributed by atoms with Crippen molar-refractivity contribution in [1.82, 2.24) is 39.2 Å². The number of rotatable bonds is 5. The lowest BCUT2D eigenvalue weighted by Gasteiger charge is -2.11. The van der Waals surface area contributed by atoms with E-state index >= 15 is 0 Å². The molecule has 0 saturated heterocycles. The molecule has 0 fully saturated rings. The maximum Gasteiger partial charge on any atom is 0.210 e. The summed E-state index contributed by atoms with van der Waals surface area (Å²) >= 11 is 8.28. The van der Waals surface area contributed by atoms with Gasteiger partial charge < -0.3 is 20.5 Å². The number of ether oxygens (including phenoxy) is 2. The molecule has 3 N–H and O–H groups in total. The highest BCUT2D eigenvalue weighted by Gasteiger charge is 2.20. The Morgan fingerprint density at radius 2 is 1.40 bits per heavy atom. The SMILES string of the molecule is C.CSc1ncc(Br)c2nncn12.Fc1ccc2c(c1CNc1ncc(Br)c3nncn13)CCO2.NCc1c(F)ccc2c1CCO2. The zero-order chi connectivity index (χ0) is 32.2. The number of benzene rings is 2. The fourth-order valence-corrected chi connectivity index (χ4v) is 6.29. The van der Waals surface area contributed by atoms with Crippen molar-refractivity contribution in [1.29, 1.82) is 0 Å². The van der Waals surface area contributed by atoms with Crippen LogP contribution in [0.4, 0.5) is 14.7 Å². The summed E-state index contributed by atoms with van der Waals surface area (Å²) in [5.74, 6) is 1.64. The highest BCUT2D eigenvalue weighted by atomic mass is 79.9. The molecule has 2 aliphatic heterocycles. The van der Waals surface area contributed by atoms with Gasteiger partial charge in [-0.2, -0.15) is 0 Å². The number of fused-ring (bicyclic) bond motifs is 4. The van der Waals surface area contributed by atoms with E-state index in [0.717, 1.165) is 55.2 Å². The second-order valence-electron chi connectivity index (χ2n) is 9.83. The molecule has 6 aromatic rings. The summed E-state index contributed by atoms with van der Waals surface area (Å²) < 4.78 is 43.1. The van der Waals surface area contributed by atoms with E-state index in [2.05, 4.69) is 67.5 Å². The van der Waals surface area contributed by atoms with Gasteiger partial charge in [0.25, 0.3) is 0 Å². The third-order valence-electron chi connectivity index (χ3n) is 7.24. The monoisotopic (exact) mass is 790 g/mol. The van der Waals surface area contributed by atoms with Gasteiger partial charge in [0.05, 0.1) is 22.2 Å². The summed E-state index contributed by atoms with van der Waals surface area (Å²) in [4.78, 5) is 8.48. The molecule has 2 aliphatic rings. The predicted molar refractivity (Wildman–Crippen MR) is 182 cm³/mol. The van der Waals surface area contributed by atoms with E-state index in [-0.39, 0.29) is 25.6 Å². The predicted octanol–water partition coefficient (Wildman–Crippen LogP) is 6.04. The first kappa shape index (κ1) is 34.4. The number of nitrogens with two attached hydrogens (primary N) is 1. The van der Waals surface area contributed by atoms with Crippen molar-refractivity contribution in [2.75, 3.05) is 24.8 Å². The Morgan fingerprint density at radius 1 is 0.851 bits per heavy atom. The molecular weight excluding hydrogens is 762 g/mol. The number of hydrogen-bond donors (Lipinski definition) is 2. The van der Waals surface area contributed by atoms with Gasteiger partial charge >= 0.3 is 0 Å². The number of hydrogen-bond acceptors (Lipinski definition) is 11. The Morgan fingerprint density at radius 3 is 2.02 bits per heavy atom. The van der Waals surface area contributed by atoms with Crippen molar-refractivity contribution in [3.05, 3.63) is 92.1 Å². The summed E-state index contributed by atoms with van der Waals surface area (Å²) in [7, 11) is 0. The van der Waals surface area contributed by atoms with Crippen molar-refractivity contribution >= 4 is 60.9 Å². The molecule has 0 radical (unpaired) electrons. The van der Waals surface area contributed by atoms with E-state index in [1.807, 2.05) is 10.7 Å². The van der Waals surface area contributed by atoms with Gasteiger partial charge in [-0.05, 0) is 62.4 Å². The van der Waals surface area contributed by atoms with Gasteiger partial charge in [-0.15, -0.1) is 20.4 Å². The minimum atomic E-state index is -0.242. The number of thioether (sulfide) groups is 1. The topological polar surface area (TPSA) is 143 Å². The van der Waals surface area contributed by atoms with Crippen LogP contribution in [0.15, 0.2) is 63.4 Å². The number of anilines is 1. The van der Waals surface area contributed by atoms with Gasteiger partial charge in [0, 0.05) is 60.6 Å². The molecule has 8 rings (SSSR count). The Labute approximate surface area is 289 Å². The summed E-state index contributed by atoms with van der Waals surface area (Å²) in [5.41, 5.74) is 9.96. The summed E-state index contributed by atoms with van der Waals surface area (Å²) in [6, 6.07) is 6.19. The van der Waals surface area contributed by atoms with Crippen LogP contribution >= 0.6 is 43.6 Å². The quantitative estimate of drug-likeness (QED) is 0.156. The standard InChI is InChI=1S/C14H11BrFN5O.C9H10FNO.C6H5BrN4S.CH4/c15-10-6-18-14(21-7-19-20-13(10)21)17-5-9-8-3-4-22-12(8)2-1-11(9)16;10-8-1-2-9-6(3-4-12-9)7(8)5-11;1-12-6-8-2-4(7)5-10-9-3-11(5)6;/h1-2,6-7H,3-5H2,(H,17,18);1-2H,3-5,11H2;2-3H,1H3;1H4. The van der Waals surface area contributed by atoms with Crippen LogP contribution in [0.3, 0.4) is 0 Å². The van der Waals surface area contributed by atoms with Crippen LogP contribution in [0.2, 0.25) is 0 Å². The lowest BCUT2D eigenvalue weighted by molar-refractivity contribution is 0.356. The molecule has 17 heteroatoms. The maximum absolute atomic E-state index is 14.1. The second kappa shape index (κ2) is 15.3. The highest BCUT2D eigenvalue weighted by molar-refractivity contribution is 9.11. The Bertz CT molecular complexity index is 2030. The lowest BCUT2D eigenvalue weighted by Crippen LogP contribution is -2.09. The molecule has 0 amide bonds. The first-order valence-corrected chi connectivity index (χ1v) is 16.7. The Kier molecular flexibility index (Phi) is 11.2. The summed E-state index contributed by atoms with van der Waals surface area (Å²) in [6.07, 6.45) is 10.1. The first-order valence-electron chi connectivity index (χ1n) is 13.9. The van der Waals surface area contributed by atoms with Gasteiger partial charge in [0.1, 0.15) is 35.8 Å². The molecule has 246 valence electrons. The molecule has 6 heterocycles. The number of halogens is 4. The van der Waals surface area contributed by atoms with Crippen LogP contribution in [0.5, 0.6) is 11.5 Å². The van der Waals surface area contributed by atoms with Crippen LogP contribution < -0.4 is 20.5 Å². The molecule has 47 heavy (non-hydrogen) atoms. The molecular formula is C30H30Br2F2N10O2S. The second-order valence-corrected chi connectivity index (χ2v) is 12.3. The van der Waals surface area contributed by atoms with Crippen LogP contribution in [-0.2, 0) is 25.9 Å². The van der Waals surface area contributed by atoms with Crippen LogP contribution in [-0.4, -0.2) is 58.6 Å². The third kappa shape index (κ3) is 7.17. The molecule has 0 saturated carbocycles. The van der Waals surface area contributed by atoms with E-state index in [4.69, 9.17) is 15.2 Å². The van der Waals surface area contributed by atoms with E-state index in [1.54, 1.807) is 53.3 Å². The van der Waals surface area contributed by atoms with E-state index in [1.165, 1.54) is 12.1 Å². The average molecular weight is 793 g/mol. The molecule has 4 aromatic heterocycles. The fraction of sp³-hybridized carbons (Fsp3) is 0.267. The van der Waals surface area contributed by atoms with Crippen LogP contribution in [0.25, 0.3) is 11.3 Å². The van der Waals surface area contributed by atoms with Gasteiger partial charge in [-0.25, -0.2) is 18.7 Å². The number of aromatic nitrogens is 8. The molecule has 0 bridgehead atoms. The highest BCUT2D eigenvalue weighted by Crippen LogP contribution is 2.31. The van der Waals surface area contributed by atoms with Crippen LogP contribution in [0, 0.1) is 11.6 Å². The molecule has 0 unspecified atom stereocenters. The van der Waals surface area contributed by atoms with Gasteiger partial charge in [0.2, 0.25) is 5.95 Å². The van der Waals surface area contributed by atoms with Crippen molar-refractivity contribution in [2.45, 2.75) is 38.5 Å². The molecule has 0 atom stereocenters. The minimum Gasteiger partial charge on any atom is -0.493 e. The summed E-state index contributed by atoms with van der Waals surface area (Å²) in [5, 5.41) is 19.6. The fourth-order valence-electron chi connectivity index (χ4n) is 5.05. The molecule has 0 spiro atoms. The van der Waals surface area contributed by atoms with E-state index < -0.39 is 0 Å². The average Bonchev–Trinajstić information content (AvgIpc) is 3.89. The van der Waals surface area contributed by atoms with Gasteiger partial charge in [0.15, 0.2) is 16.5 Å². The maximum atomic E-state index is 14.1. The summed E-state index contributed by atoms with van der Waals surface area (Å²) in [6.45, 7) is 1.81. The molecule has 2 aromatic carbocycles. The number of nitrogens with zero attached hydrogens (tertiary/aromatic N) is 8.